The highest BCUT2D eigenvalue weighted by Crippen LogP contribution is 2.44. The molecular formula is C11H19NO3. The summed E-state index contributed by atoms with van der Waals surface area (Å²) in [5.74, 6) is 0.266. The molecule has 1 aliphatic carbocycles. The van der Waals surface area contributed by atoms with Gasteiger partial charge in [0.2, 0.25) is 0 Å². The molecule has 4 heteroatoms. The van der Waals surface area contributed by atoms with Crippen LogP contribution in [0.1, 0.15) is 40.5 Å². The fraction of sp³-hybridized carbons (Fsp3) is 0.818. The molecule has 1 N–H and O–H groups in total. The average Bonchev–Trinajstić information content (AvgIpc) is 2.76. The Hall–Kier alpha value is -1.06. The molecule has 0 spiro atoms. The molecule has 1 saturated carbocycles. The second-order valence-corrected chi connectivity index (χ2v) is 5.09. The molecule has 15 heavy (non-hydrogen) atoms. The van der Waals surface area contributed by atoms with Gasteiger partial charge in [0.15, 0.2) is 0 Å². The van der Waals surface area contributed by atoms with Gasteiger partial charge in [0.05, 0.1) is 0 Å². The molecule has 0 aromatic heterocycles. The summed E-state index contributed by atoms with van der Waals surface area (Å²) < 4.78 is 5.10. The van der Waals surface area contributed by atoms with Gasteiger partial charge >= 0.3 is 6.09 Å². The normalized spacial score (nSPS) is 29.5. The number of nitrogens with one attached hydrogen (secondary N) is 1. The van der Waals surface area contributed by atoms with Gasteiger partial charge in [0.25, 0.3) is 0 Å². The molecule has 0 saturated heterocycles. The summed E-state index contributed by atoms with van der Waals surface area (Å²) in [5.41, 5.74) is -1.18. The highest BCUT2D eigenvalue weighted by atomic mass is 16.6. The van der Waals surface area contributed by atoms with Crippen LogP contribution in [0, 0.1) is 5.92 Å². The van der Waals surface area contributed by atoms with Gasteiger partial charge in [-0.25, -0.2) is 4.79 Å². The number of aldehydes is 1. The third-order valence-corrected chi connectivity index (χ3v) is 2.59. The minimum Gasteiger partial charge on any atom is -0.444 e. The number of amides is 1. The number of hydrogen-bond donors (Lipinski definition) is 1. The van der Waals surface area contributed by atoms with E-state index in [1.165, 1.54) is 0 Å². The van der Waals surface area contributed by atoms with Crippen molar-refractivity contribution in [3.8, 4) is 0 Å². The van der Waals surface area contributed by atoms with E-state index in [4.69, 9.17) is 4.74 Å². The van der Waals surface area contributed by atoms with E-state index in [1.54, 1.807) is 20.8 Å². The molecule has 1 fully saturated rings. The summed E-state index contributed by atoms with van der Waals surface area (Å²) in [5, 5.41) is 2.65. The molecule has 4 nitrogen and oxygen atoms in total. The summed E-state index contributed by atoms with van der Waals surface area (Å²) in [6.07, 6.45) is 1.94. The number of carbonyl (C=O) groups is 2. The predicted octanol–water partition coefficient (Wildman–Crippen LogP) is 1.88. The first-order chi connectivity index (χ1) is 6.83. The molecule has 1 rings (SSSR count). The van der Waals surface area contributed by atoms with E-state index in [0.717, 1.165) is 19.1 Å². The van der Waals surface area contributed by atoms with Gasteiger partial charge in [-0.3, -0.25) is 0 Å². The Balaban J connectivity index is 2.48. The van der Waals surface area contributed by atoms with Gasteiger partial charge in [0.1, 0.15) is 17.4 Å². The van der Waals surface area contributed by atoms with Crippen LogP contribution < -0.4 is 5.32 Å². The molecule has 2 unspecified atom stereocenters. The lowest BCUT2D eigenvalue weighted by Crippen LogP contribution is -2.43. The third kappa shape index (κ3) is 2.94. The van der Waals surface area contributed by atoms with Gasteiger partial charge in [0, 0.05) is 0 Å². The van der Waals surface area contributed by atoms with Crippen LogP contribution in [0.4, 0.5) is 4.79 Å². The van der Waals surface area contributed by atoms with Crippen molar-refractivity contribution in [3.63, 3.8) is 0 Å². The zero-order chi connectivity index (χ0) is 11.7. The maximum atomic E-state index is 11.4. The molecule has 0 bridgehead atoms. The summed E-state index contributed by atoms with van der Waals surface area (Å²) >= 11 is 0. The van der Waals surface area contributed by atoms with E-state index >= 15 is 0 Å². The molecule has 0 aromatic rings. The molecular weight excluding hydrogens is 194 g/mol. The van der Waals surface area contributed by atoms with E-state index in [9.17, 15) is 9.59 Å². The summed E-state index contributed by atoms with van der Waals surface area (Å²) in [4.78, 5) is 22.3. The Morgan fingerprint density at radius 1 is 1.60 bits per heavy atom. The predicted molar refractivity (Wildman–Crippen MR) is 56.6 cm³/mol. The SMILES string of the molecule is CCC1CC1(C=O)NC(=O)OC(C)(C)C. The van der Waals surface area contributed by atoms with E-state index < -0.39 is 17.2 Å². The Bertz CT molecular complexity index is 269. The van der Waals surface area contributed by atoms with Crippen molar-refractivity contribution in [2.75, 3.05) is 0 Å². The second-order valence-electron chi connectivity index (χ2n) is 5.09. The minimum atomic E-state index is -0.656. The summed E-state index contributed by atoms with van der Waals surface area (Å²) in [6.45, 7) is 7.39. The monoisotopic (exact) mass is 213 g/mol. The largest absolute Gasteiger partial charge is 0.444 e. The quantitative estimate of drug-likeness (QED) is 0.728. The zero-order valence-electron chi connectivity index (χ0n) is 9.79. The lowest BCUT2D eigenvalue weighted by molar-refractivity contribution is -0.110. The molecule has 0 aliphatic heterocycles. The van der Waals surface area contributed by atoms with Crippen molar-refractivity contribution >= 4 is 12.4 Å². The first-order valence-corrected chi connectivity index (χ1v) is 5.30. The average molecular weight is 213 g/mol. The Labute approximate surface area is 90.4 Å². The number of carbonyl (C=O) groups excluding carboxylic acids is 2. The first kappa shape index (κ1) is 12.0. The van der Waals surface area contributed by atoms with E-state index in [2.05, 4.69) is 5.32 Å². The molecule has 2 atom stereocenters. The molecule has 0 heterocycles. The van der Waals surface area contributed by atoms with Crippen molar-refractivity contribution in [3.05, 3.63) is 0 Å². The lowest BCUT2D eigenvalue weighted by atomic mass is 10.2. The fourth-order valence-electron chi connectivity index (χ4n) is 1.68. The second kappa shape index (κ2) is 3.83. The van der Waals surface area contributed by atoms with Gasteiger partial charge < -0.3 is 14.8 Å². The number of alkyl carbamates (subject to hydrolysis) is 1. The third-order valence-electron chi connectivity index (χ3n) is 2.59. The van der Waals surface area contributed by atoms with Gasteiger partial charge in [-0.1, -0.05) is 13.3 Å². The van der Waals surface area contributed by atoms with Crippen molar-refractivity contribution in [1.82, 2.24) is 5.32 Å². The summed E-state index contributed by atoms with van der Waals surface area (Å²) in [7, 11) is 0. The highest BCUT2D eigenvalue weighted by Gasteiger charge is 2.54. The van der Waals surface area contributed by atoms with Crippen LogP contribution >= 0.6 is 0 Å². The molecule has 1 amide bonds. The van der Waals surface area contributed by atoms with Crippen molar-refractivity contribution in [2.45, 2.75) is 51.7 Å². The Morgan fingerprint density at radius 2 is 2.20 bits per heavy atom. The molecule has 0 radical (unpaired) electrons. The van der Waals surface area contributed by atoms with Crippen LogP contribution in [0.3, 0.4) is 0 Å². The number of ether oxygens (including phenoxy) is 1. The summed E-state index contributed by atoms with van der Waals surface area (Å²) in [6, 6.07) is 0. The fourth-order valence-corrected chi connectivity index (χ4v) is 1.68. The minimum absolute atomic E-state index is 0.266. The standard InChI is InChI=1S/C11H19NO3/c1-5-8-6-11(8,7-13)12-9(14)15-10(2,3)4/h7-8H,5-6H2,1-4H3,(H,12,14). The Morgan fingerprint density at radius 3 is 2.53 bits per heavy atom. The van der Waals surface area contributed by atoms with Crippen molar-refractivity contribution < 1.29 is 14.3 Å². The first-order valence-electron chi connectivity index (χ1n) is 5.30. The molecule has 86 valence electrons. The van der Waals surface area contributed by atoms with Crippen molar-refractivity contribution in [2.24, 2.45) is 5.92 Å². The smallest absolute Gasteiger partial charge is 0.408 e. The van der Waals surface area contributed by atoms with Gasteiger partial charge in [-0.05, 0) is 33.1 Å². The highest BCUT2D eigenvalue weighted by molar-refractivity contribution is 5.80. The maximum absolute atomic E-state index is 11.4. The maximum Gasteiger partial charge on any atom is 0.408 e. The van der Waals surface area contributed by atoms with E-state index in [-0.39, 0.29) is 5.92 Å². The van der Waals surface area contributed by atoms with Gasteiger partial charge in [-0.15, -0.1) is 0 Å². The zero-order valence-corrected chi connectivity index (χ0v) is 9.79. The van der Waals surface area contributed by atoms with Crippen LogP contribution in [-0.2, 0) is 9.53 Å². The van der Waals surface area contributed by atoms with Gasteiger partial charge in [-0.2, -0.15) is 0 Å². The van der Waals surface area contributed by atoms with Crippen LogP contribution in [0.5, 0.6) is 0 Å². The molecule has 1 aliphatic rings. The topological polar surface area (TPSA) is 55.4 Å². The van der Waals surface area contributed by atoms with E-state index in [1.807, 2.05) is 6.92 Å². The van der Waals surface area contributed by atoms with Crippen LogP contribution in [0.15, 0.2) is 0 Å². The lowest BCUT2D eigenvalue weighted by Gasteiger charge is -2.21. The molecule has 0 aromatic carbocycles. The van der Waals surface area contributed by atoms with E-state index in [0.29, 0.717) is 0 Å². The van der Waals surface area contributed by atoms with Crippen LogP contribution in [-0.4, -0.2) is 23.5 Å². The number of rotatable bonds is 3. The Kier molecular flexibility index (Phi) is 3.07. The van der Waals surface area contributed by atoms with Crippen molar-refractivity contribution in [1.29, 1.82) is 0 Å². The van der Waals surface area contributed by atoms with Crippen LogP contribution in [0.2, 0.25) is 0 Å². The number of hydrogen-bond acceptors (Lipinski definition) is 3. The van der Waals surface area contributed by atoms with Crippen LogP contribution in [0.25, 0.3) is 0 Å².